The van der Waals surface area contributed by atoms with Crippen molar-refractivity contribution in [2.45, 2.75) is 25.8 Å². The van der Waals surface area contributed by atoms with Gasteiger partial charge in [0.2, 0.25) is 0 Å². The lowest BCUT2D eigenvalue weighted by Gasteiger charge is -2.08. The van der Waals surface area contributed by atoms with Gasteiger partial charge in [-0.25, -0.2) is 4.68 Å². The fourth-order valence-corrected chi connectivity index (χ4v) is 3.02. The predicted octanol–water partition coefficient (Wildman–Crippen LogP) is 3.31. The Morgan fingerprint density at radius 2 is 2.00 bits per heavy atom. The summed E-state index contributed by atoms with van der Waals surface area (Å²) in [6, 6.07) is 6.47. The number of nitrogens with zero attached hydrogens (tertiary/aromatic N) is 2. The number of rotatable bonds is 2. The van der Waals surface area contributed by atoms with E-state index < -0.39 is 0 Å². The molecular weight excluding hydrogens is 372 g/mol. The molecule has 0 unspecified atom stereocenters. The molecule has 2 aromatic rings. The molecule has 3 nitrogen and oxygen atoms in total. The van der Waals surface area contributed by atoms with Crippen LogP contribution in [0.1, 0.15) is 23.1 Å². The monoisotopic (exact) mass is 382 g/mol. The zero-order chi connectivity index (χ0) is 13.4. The first-order valence-corrected chi connectivity index (χ1v) is 7.75. The van der Waals surface area contributed by atoms with Crippen LogP contribution in [0.3, 0.4) is 0 Å². The van der Waals surface area contributed by atoms with E-state index >= 15 is 0 Å². The molecule has 1 aromatic heterocycles. The summed E-state index contributed by atoms with van der Waals surface area (Å²) in [4.78, 5) is 12.1. The van der Waals surface area contributed by atoms with Gasteiger partial charge in [-0.15, -0.1) is 0 Å². The van der Waals surface area contributed by atoms with Crippen molar-refractivity contribution in [3.8, 4) is 0 Å². The number of aromatic nitrogens is 2. The van der Waals surface area contributed by atoms with Gasteiger partial charge in [0.25, 0.3) is 5.56 Å². The van der Waals surface area contributed by atoms with Gasteiger partial charge in [-0.2, -0.15) is 5.10 Å². The molecule has 0 spiro atoms. The molecule has 0 amide bonds. The zero-order valence-corrected chi connectivity index (χ0v) is 13.4. The lowest BCUT2D eigenvalue weighted by Crippen LogP contribution is -2.24. The number of fused-ring (bicyclic) bond motifs is 1. The summed E-state index contributed by atoms with van der Waals surface area (Å²) in [5, 5.41) is 4.15. The molecule has 0 saturated heterocycles. The fraction of sp³-hybridized carbons (Fsp3) is 0.286. The van der Waals surface area contributed by atoms with E-state index in [2.05, 4.69) is 55.2 Å². The van der Waals surface area contributed by atoms with Crippen LogP contribution in [0, 0.1) is 0 Å². The van der Waals surface area contributed by atoms with Crippen molar-refractivity contribution in [1.82, 2.24) is 9.78 Å². The van der Waals surface area contributed by atoms with Crippen molar-refractivity contribution in [1.29, 1.82) is 0 Å². The Hall–Kier alpha value is -0.940. The number of benzene rings is 1. The van der Waals surface area contributed by atoms with Crippen molar-refractivity contribution in [3.63, 3.8) is 0 Å². The minimum atomic E-state index is -0.116. The summed E-state index contributed by atoms with van der Waals surface area (Å²) in [6.45, 7) is 0.512. The molecule has 5 heteroatoms. The van der Waals surface area contributed by atoms with Crippen LogP contribution in [0.2, 0.25) is 0 Å². The smallest absolute Gasteiger partial charge is 0.266 e. The Balaban J connectivity index is 1.94. The minimum absolute atomic E-state index is 0.116. The predicted molar refractivity (Wildman–Crippen MR) is 81.5 cm³/mol. The summed E-state index contributed by atoms with van der Waals surface area (Å²) in [5.41, 5.74) is 3.88. The summed E-state index contributed by atoms with van der Waals surface area (Å²) in [6.07, 6.45) is 5.20. The van der Waals surface area contributed by atoms with Gasteiger partial charge in [-0.1, -0.05) is 18.2 Å². The van der Waals surface area contributed by atoms with E-state index in [1.54, 1.807) is 6.20 Å². The molecule has 1 aliphatic rings. The van der Waals surface area contributed by atoms with Gasteiger partial charge in [0.15, 0.2) is 0 Å². The van der Waals surface area contributed by atoms with Crippen molar-refractivity contribution in [2.24, 2.45) is 0 Å². The Bertz CT molecular complexity index is 694. The first-order chi connectivity index (χ1) is 9.15. The number of hydrogen-bond acceptors (Lipinski definition) is 2. The van der Waals surface area contributed by atoms with Crippen LogP contribution in [0.25, 0.3) is 0 Å². The molecule has 3 rings (SSSR count). The normalized spacial score (nSPS) is 13.6. The highest BCUT2D eigenvalue weighted by molar-refractivity contribution is 9.13. The second-order valence-corrected chi connectivity index (χ2v) is 6.37. The molecule has 0 N–H and O–H groups in total. The van der Waals surface area contributed by atoms with E-state index in [0.717, 1.165) is 12.0 Å². The summed E-state index contributed by atoms with van der Waals surface area (Å²) in [5.74, 6) is 0. The topological polar surface area (TPSA) is 34.9 Å². The van der Waals surface area contributed by atoms with Crippen LogP contribution in [-0.4, -0.2) is 9.78 Å². The average molecular weight is 384 g/mol. The van der Waals surface area contributed by atoms with E-state index in [-0.39, 0.29) is 5.56 Å². The first kappa shape index (κ1) is 13.1. The van der Waals surface area contributed by atoms with Gasteiger partial charge < -0.3 is 0 Å². The third kappa shape index (κ3) is 2.54. The maximum Gasteiger partial charge on any atom is 0.282 e. The average Bonchev–Trinajstić information content (AvgIpc) is 2.87. The van der Waals surface area contributed by atoms with Gasteiger partial charge in [0.05, 0.1) is 17.2 Å². The highest BCUT2D eigenvalue weighted by atomic mass is 79.9. The van der Waals surface area contributed by atoms with E-state index in [0.29, 0.717) is 15.5 Å². The molecule has 98 valence electrons. The molecule has 1 aromatic carbocycles. The van der Waals surface area contributed by atoms with Gasteiger partial charge in [-0.05, 0) is 67.8 Å². The summed E-state index contributed by atoms with van der Waals surface area (Å²) in [7, 11) is 0. The molecule has 0 fully saturated rings. The van der Waals surface area contributed by atoms with Gasteiger partial charge >= 0.3 is 0 Å². The maximum absolute atomic E-state index is 12.1. The molecule has 0 atom stereocenters. The van der Waals surface area contributed by atoms with Crippen LogP contribution >= 0.6 is 31.9 Å². The third-order valence-electron chi connectivity index (χ3n) is 3.44. The van der Waals surface area contributed by atoms with Gasteiger partial charge in [-0.3, -0.25) is 4.79 Å². The van der Waals surface area contributed by atoms with Gasteiger partial charge in [0.1, 0.15) is 4.47 Å². The molecule has 0 saturated carbocycles. The van der Waals surface area contributed by atoms with Crippen LogP contribution in [0.4, 0.5) is 0 Å². The molecule has 0 radical (unpaired) electrons. The Labute approximate surface area is 127 Å². The van der Waals surface area contributed by atoms with Crippen molar-refractivity contribution in [2.75, 3.05) is 0 Å². The van der Waals surface area contributed by atoms with Crippen LogP contribution in [-0.2, 0) is 19.4 Å². The largest absolute Gasteiger partial charge is 0.282 e. The van der Waals surface area contributed by atoms with Crippen molar-refractivity contribution in [3.05, 3.63) is 60.4 Å². The standard InChI is InChI=1S/C14H12Br2N2O/c15-12-7-17-18(14(19)13(12)16)8-9-4-5-10-2-1-3-11(10)6-9/h4-7H,1-3,8H2. The van der Waals surface area contributed by atoms with Crippen LogP contribution in [0.5, 0.6) is 0 Å². The lowest BCUT2D eigenvalue weighted by molar-refractivity contribution is 0.632. The first-order valence-electron chi connectivity index (χ1n) is 6.17. The van der Waals surface area contributed by atoms with Crippen LogP contribution < -0.4 is 5.56 Å². The number of halogens is 2. The molecule has 0 aliphatic heterocycles. The van der Waals surface area contributed by atoms with Crippen molar-refractivity contribution >= 4 is 31.9 Å². The summed E-state index contributed by atoms with van der Waals surface area (Å²) >= 11 is 6.56. The molecular formula is C14H12Br2N2O. The fourth-order valence-electron chi connectivity index (χ4n) is 2.45. The Morgan fingerprint density at radius 3 is 2.84 bits per heavy atom. The highest BCUT2D eigenvalue weighted by Gasteiger charge is 2.12. The third-order valence-corrected chi connectivity index (χ3v) is 5.34. The highest BCUT2D eigenvalue weighted by Crippen LogP contribution is 2.23. The zero-order valence-electron chi connectivity index (χ0n) is 10.2. The van der Waals surface area contributed by atoms with E-state index in [4.69, 9.17) is 0 Å². The number of aryl methyl sites for hydroxylation is 2. The molecule has 1 aliphatic carbocycles. The maximum atomic E-state index is 12.1. The Morgan fingerprint density at radius 1 is 1.21 bits per heavy atom. The minimum Gasteiger partial charge on any atom is -0.266 e. The number of hydrogen-bond donors (Lipinski definition) is 0. The quantitative estimate of drug-likeness (QED) is 0.797. The molecule has 0 bridgehead atoms. The molecule has 1 heterocycles. The van der Waals surface area contributed by atoms with Gasteiger partial charge in [0, 0.05) is 0 Å². The van der Waals surface area contributed by atoms with E-state index in [1.165, 1.54) is 28.7 Å². The SMILES string of the molecule is O=c1c(Br)c(Br)cnn1Cc1ccc2c(c1)CCC2. The van der Waals surface area contributed by atoms with Crippen molar-refractivity contribution < 1.29 is 0 Å². The lowest BCUT2D eigenvalue weighted by atomic mass is 10.1. The van der Waals surface area contributed by atoms with E-state index in [1.807, 2.05) is 0 Å². The summed E-state index contributed by atoms with van der Waals surface area (Å²) < 4.78 is 2.68. The van der Waals surface area contributed by atoms with E-state index in [9.17, 15) is 4.79 Å². The second-order valence-electron chi connectivity index (χ2n) is 4.73. The Kier molecular flexibility index (Phi) is 3.58. The molecule has 19 heavy (non-hydrogen) atoms. The van der Waals surface area contributed by atoms with Crippen LogP contribution in [0.15, 0.2) is 38.1 Å². The second kappa shape index (κ2) is 5.21.